The summed E-state index contributed by atoms with van der Waals surface area (Å²) >= 11 is 1.65. The highest BCUT2D eigenvalue weighted by molar-refractivity contribution is 7.09. The van der Waals surface area contributed by atoms with Gasteiger partial charge < -0.3 is 4.74 Å². The molecule has 0 radical (unpaired) electrons. The number of aryl methyl sites for hydroxylation is 1. The van der Waals surface area contributed by atoms with Crippen molar-refractivity contribution in [2.75, 3.05) is 20.7 Å². The van der Waals surface area contributed by atoms with Crippen molar-refractivity contribution >= 4 is 17.3 Å². The summed E-state index contributed by atoms with van der Waals surface area (Å²) in [5, 5.41) is 3.12. The summed E-state index contributed by atoms with van der Waals surface area (Å²) in [4.78, 5) is 17.7. The van der Waals surface area contributed by atoms with Crippen LogP contribution in [0.1, 0.15) is 17.6 Å². The monoisotopic (exact) mass is 242 g/mol. The fourth-order valence-electron chi connectivity index (χ4n) is 1.51. The fraction of sp³-hybridized carbons (Fsp3) is 0.636. The quantitative estimate of drug-likeness (QED) is 0.737. The van der Waals surface area contributed by atoms with Crippen LogP contribution in [-0.4, -0.2) is 36.6 Å². The molecule has 0 N–H and O–H groups in total. The highest BCUT2D eigenvalue weighted by atomic mass is 32.1. The predicted octanol–water partition coefficient (Wildman–Crippen LogP) is 1.69. The largest absolute Gasteiger partial charge is 0.469 e. The van der Waals surface area contributed by atoms with Crippen LogP contribution in [-0.2, 0) is 16.1 Å². The minimum absolute atomic E-state index is 0.101. The lowest BCUT2D eigenvalue weighted by molar-refractivity contribution is -0.145. The van der Waals surface area contributed by atoms with E-state index in [-0.39, 0.29) is 11.9 Å². The number of thiazole rings is 1. The molecular formula is C11H18N2O2S. The zero-order valence-electron chi connectivity index (χ0n) is 10.2. The summed E-state index contributed by atoms with van der Waals surface area (Å²) < 4.78 is 4.69. The van der Waals surface area contributed by atoms with Crippen molar-refractivity contribution in [3.63, 3.8) is 0 Å². The number of aromatic nitrogens is 1. The standard InChI is InChI=1S/C11H18N2O2S/c1-8(11(14)15-4)5-13(3)6-10-12-9(2)7-16-10/h7-8H,5-6H2,1-4H3. The van der Waals surface area contributed by atoms with Gasteiger partial charge in [0, 0.05) is 17.6 Å². The highest BCUT2D eigenvalue weighted by Gasteiger charge is 2.15. The van der Waals surface area contributed by atoms with Gasteiger partial charge in [-0.25, -0.2) is 4.98 Å². The molecule has 1 rings (SSSR count). The first-order valence-corrected chi connectivity index (χ1v) is 6.08. The third kappa shape index (κ3) is 3.90. The van der Waals surface area contributed by atoms with E-state index in [1.54, 1.807) is 11.3 Å². The smallest absolute Gasteiger partial charge is 0.309 e. The first-order valence-electron chi connectivity index (χ1n) is 5.20. The summed E-state index contributed by atoms with van der Waals surface area (Å²) in [7, 11) is 3.40. The lowest BCUT2D eigenvalue weighted by Crippen LogP contribution is -2.29. The Kier molecular flexibility index (Phi) is 4.89. The number of esters is 1. The van der Waals surface area contributed by atoms with Crippen molar-refractivity contribution in [2.45, 2.75) is 20.4 Å². The van der Waals surface area contributed by atoms with Crippen LogP contribution >= 0.6 is 11.3 Å². The highest BCUT2D eigenvalue weighted by Crippen LogP contribution is 2.11. The molecule has 0 aromatic carbocycles. The Morgan fingerprint density at radius 3 is 2.88 bits per heavy atom. The van der Waals surface area contributed by atoms with E-state index < -0.39 is 0 Å². The second-order valence-electron chi connectivity index (χ2n) is 4.00. The van der Waals surface area contributed by atoms with Gasteiger partial charge in [-0.1, -0.05) is 6.92 Å². The lowest BCUT2D eigenvalue weighted by atomic mass is 10.2. The molecule has 5 heteroatoms. The number of ether oxygens (including phenoxy) is 1. The van der Waals surface area contributed by atoms with Crippen molar-refractivity contribution < 1.29 is 9.53 Å². The Balaban J connectivity index is 2.41. The van der Waals surface area contributed by atoms with Crippen LogP contribution in [0.25, 0.3) is 0 Å². The number of methoxy groups -OCH3 is 1. The minimum Gasteiger partial charge on any atom is -0.469 e. The van der Waals surface area contributed by atoms with Crippen LogP contribution in [0.5, 0.6) is 0 Å². The second kappa shape index (κ2) is 5.96. The maximum absolute atomic E-state index is 11.2. The molecular weight excluding hydrogens is 224 g/mol. The summed E-state index contributed by atoms with van der Waals surface area (Å²) in [5.41, 5.74) is 1.05. The van der Waals surface area contributed by atoms with Gasteiger partial charge in [-0.05, 0) is 14.0 Å². The van der Waals surface area contributed by atoms with Crippen molar-refractivity contribution in [2.24, 2.45) is 5.92 Å². The average molecular weight is 242 g/mol. The number of hydrogen-bond donors (Lipinski definition) is 0. The molecule has 0 fully saturated rings. The number of nitrogens with zero attached hydrogens (tertiary/aromatic N) is 2. The first kappa shape index (κ1) is 13.1. The van der Waals surface area contributed by atoms with Gasteiger partial charge in [0.05, 0.1) is 19.6 Å². The van der Waals surface area contributed by atoms with E-state index in [1.807, 2.05) is 26.3 Å². The van der Waals surface area contributed by atoms with Crippen molar-refractivity contribution in [3.8, 4) is 0 Å². The lowest BCUT2D eigenvalue weighted by Gasteiger charge is -2.18. The number of carbonyl (C=O) groups excluding carboxylic acids is 1. The molecule has 1 unspecified atom stereocenters. The molecule has 0 aliphatic rings. The number of carbonyl (C=O) groups is 1. The number of rotatable bonds is 5. The van der Waals surface area contributed by atoms with E-state index in [9.17, 15) is 4.79 Å². The fourth-order valence-corrected chi connectivity index (χ4v) is 2.36. The second-order valence-corrected chi connectivity index (χ2v) is 4.95. The van der Waals surface area contributed by atoms with E-state index in [0.29, 0.717) is 6.54 Å². The summed E-state index contributed by atoms with van der Waals surface area (Å²) in [6.45, 7) is 5.32. The third-order valence-corrected chi connectivity index (χ3v) is 3.21. The molecule has 0 saturated carbocycles. The Labute approximate surface area is 100 Å². The molecule has 0 aliphatic carbocycles. The molecule has 0 bridgehead atoms. The SMILES string of the molecule is COC(=O)C(C)CN(C)Cc1nc(C)cs1. The molecule has 16 heavy (non-hydrogen) atoms. The molecule has 90 valence electrons. The first-order chi connectivity index (χ1) is 7.52. The van der Waals surface area contributed by atoms with Gasteiger partial charge in [-0.3, -0.25) is 9.69 Å². The zero-order chi connectivity index (χ0) is 12.1. The minimum atomic E-state index is -0.165. The van der Waals surface area contributed by atoms with E-state index >= 15 is 0 Å². The van der Waals surface area contributed by atoms with E-state index in [1.165, 1.54) is 7.11 Å². The van der Waals surface area contributed by atoms with Gasteiger partial charge in [0.2, 0.25) is 0 Å². The van der Waals surface area contributed by atoms with E-state index in [2.05, 4.69) is 14.6 Å². The molecule has 0 spiro atoms. The summed E-state index contributed by atoms with van der Waals surface area (Å²) in [6, 6.07) is 0. The van der Waals surface area contributed by atoms with Crippen LogP contribution < -0.4 is 0 Å². The maximum atomic E-state index is 11.2. The van der Waals surface area contributed by atoms with Gasteiger partial charge in [0.1, 0.15) is 5.01 Å². The Morgan fingerprint density at radius 2 is 2.38 bits per heavy atom. The molecule has 1 aromatic heterocycles. The van der Waals surface area contributed by atoms with Crippen molar-refractivity contribution in [3.05, 3.63) is 16.1 Å². The molecule has 1 aromatic rings. The summed E-state index contributed by atoms with van der Waals surface area (Å²) in [6.07, 6.45) is 0. The van der Waals surface area contributed by atoms with Gasteiger partial charge in [0.25, 0.3) is 0 Å². The van der Waals surface area contributed by atoms with Crippen LogP contribution in [0.2, 0.25) is 0 Å². The van der Waals surface area contributed by atoms with Gasteiger partial charge in [0.15, 0.2) is 0 Å². The molecule has 4 nitrogen and oxygen atoms in total. The predicted molar refractivity (Wildman–Crippen MR) is 64.4 cm³/mol. The van der Waals surface area contributed by atoms with Gasteiger partial charge >= 0.3 is 5.97 Å². The van der Waals surface area contributed by atoms with Gasteiger partial charge in [-0.15, -0.1) is 11.3 Å². The Morgan fingerprint density at radius 1 is 1.69 bits per heavy atom. The Bertz CT molecular complexity index is 352. The van der Waals surface area contributed by atoms with Crippen LogP contribution in [0.4, 0.5) is 0 Å². The van der Waals surface area contributed by atoms with Crippen LogP contribution in [0.3, 0.4) is 0 Å². The molecule has 0 amide bonds. The van der Waals surface area contributed by atoms with Crippen molar-refractivity contribution in [1.82, 2.24) is 9.88 Å². The van der Waals surface area contributed by atoms with Crippen LogP contribution in [0.15, 0.2) is 5.38 Å². The molecule has 0 aliphatic heterocycles. The van der Waals surface area contributed by atoms with E-state index in [4.69, 9.17) is 0 Å². The third-order valence-electron chi connectivity index (χ3n) is 2.26. The molecule has 1 heterocycles. The van der Waals surface area contributed by atoms with Crippen molar-refractivity contribution in [1.29, 1.82) is 0 Å². The number of hydrogen-bond acceptors (Lipinski definition) is 5. The van der Waals surface area contributed by atoms with Gasteiger partial charge in [-0.2, -0.15) is 0 Å². The zero-order valence-corrected chi connectivity index (χ0v) is 11.0. The molecule has 0 saturated heterocycles. The molecule has 1 atom stereocenters. The normalized spacial score (nSPS) is 12.8. The average Bonchev–Trinajstić information content (AvgIpc) is 2.62. The van der Waals surface area contributed by atoms with Crippen LogP contribution in [0, 0.1) is 12.8 Å². The Hall–Kier alpha value is -0.940. The summed E-state index contributed by atoms with van der Waals surface area (Å²) in [5.74, 6) is -0.266. The van der Waals surface area contributed by atoms with E-state index in [0.717, 1.165) is 17.2 Å². The topological polar surface area (TPSA) is 42.4 Å². The maximum Gasteiger partial charge on any atom is 0.309 e.